The Hall–Kier alpha value is -0.240. The van der Waals surface area contributed by atoms with Gasteiger partial charge in [0.15, 0.2) is 0 Å². The molecular weight excluding hydrogens is 152 g/mol. The molecule has 0 aromatic heterocycles. The van der Waals surface area contributed by atoms with Crippen LogP contribution in [-0.4, -0.2) is 46.4 Å². The van der Waals surface area contributed by atoms with E-state index < -0.39 is 24.5 Å². The topological polar surface area (TPSA) is 108 Å². The zero-order chi connectivity index (χ0) is 8.43. The molecule has 0 aromatic rings. The molecule has 6 nitrogen and oxygen atoms in total. The number of nitrogens with two attached hydrogens (primary N) is 1. The quantitative estimate of drug-likeness (QED) is 0.281. The molecule has 0 saturated carbocycles. The number of nitrogens with one attached hydrogen (secondary N) is 1. The van der Waals surface area contributed by atoms with Gasteiger partial charge in [0.25, 0.3) is 0 Å². The normalized spacial score (nSPS) is 45.8. The van der Waals surface area contributed by atoms with Gasteiger partial charge in [0.1, 0.15) is 24.5 Å². The predicted octanol–water partition coefficient (Wildman–Crippen LogP) is -3.11. The summed E-state index contributed by atoms with van der Waals surface area (Å²) in [5.74, 6) is 0. The van der Waals surface area contributed by atoms with Gasteiger partial charge in [0, 0.05) is 0 Å². The fourth-order valence-corrected chi connectivity index (χ4v) is 0.883. The third kappa shape index (κ3) is 1.67. The van der Waals surface area contributed by atoms with E-state index >= 15 is 0 Å². The zero-order valence-electron chi connectivity index (χ0n) is 5.84. The van der Waals surface area contributed by atoms with Gasteiger partial charge in [-0.15, -0.1) is 0 Å². The maximum atomic E-state index is 9.15. The molecule has 1 aliphatic rings. The van der Waals surface area contributed by atoms with Gasteiger partial charge in [0.05, 0.1) is 6.61 Å². The van der Waals surface area contributed by atoms with Gasteiger partial charge in [-0.05, 0) is 0 Å². The van der Waals surface area contributed by atoms with Crippen molar-refractivity contribution >= 4 is 0 Å². The lowest BCUT2D eigenvalue weighted by atomic mass is 10.1. The number of hydrogen-bond donors (Lipinski definition) is 5. The summed E-state index contributed by atoms with van der Waals surface area (Å²) in [4.78, 5) is 4.69. The second-order valence-electron chi connectivity index (χ2n) is 2.46. The van der Waals surface area contributed by atoms with Gasteiger partial charge >= 0.3 is 0 Å². The molecular formula is C5H12N2O4. The maximum Gasteiger partial charge on any atom is 0.130 e. The summed E-state index contributed by atoms with van der Waals surface area (Å²) in [5, 5.41) is 26.9. The Labute approximate surface area is 63.5 Å². The fourth-order valence-electron chi connectivity index (χ4n) is 0.883. The average molecular weight is 164 g/mol. The van der Waals surface area contributed by atoms with Gasteiger partial charge in [-0.2, -0.15) is 5.48 Å². The van der Waals surface area contributed by atoms with Crippen LogP contribution in [0.2, 0.25) is 0 Å². The van der Waals surface area contributed by atoms with Gasteiger partial charge in [-0.3, -0.25) is 4.84 Å². The first-order chi connectivity index (χ1) is 5.16. The first kappa shape index (κ1) is 8.85. The molecule has 0 aliphatic carbocycles. The van der Waals surface area contributed by atoms with Crippen LogP contribution < -0.4 is 11.2 Å². The first-order valence-corrected chi connectivity index (χ1v) is 3.30. The molecule has 1 aliphatic heterocycles. The van der Waals surface area contributed by atoms with Crippen LogP contribution in [0.4, 0.5) is 0 Å². The van der Waals surface area contributed by atoms with E-state index in [-0.39, 0.29) is 6.61 Å². The summed E-state index contributed by atoms with van der Waals surface area (Å²) >= 11 is 0. The van der Waals surface area contributed by atoms with E-state index in [4.69, 9.17) is 21.1 Å². The summed E-state index contributed by atoms with van der Waals surface area (Å²) < 4.78 is 0. The van der Waals surface area contributed by atoms with Crippen molar-refractivity contribution in [3.63, 3.8) is 0 Å². The molecule has 1 saturated heterocycles. The molecule has 1 heterocycles. The zero-order valence-corrected chi connectivity index (χ0v) is 5.84. The van der Waals surface area contributed by atoms with E-state index in [1.807, 2.05) is 0 Å². The smallest absolute Gasteiger partial charge is 0.130 e. The van der Waals surface area contributed by atoms with Crippen molar-refractivity contribution in [1.29, 1.82) is 0 Å². The summed E-state index contributed by atoms with van der Waals surface area (Å²) in [6.45, 7) is -0.363. The van der Waals surface area contributed by atoms with Crippen LogP contribution in [0, 0.1) is 0 Å². The standard InChI is InChI=1S/C5H12N2O4/c6-5-4(10)3(9)2(1-8)11-7-5/h2-5,7-10H,1,6H2/t2?,3-,4?,5?/m0/s1. The summed E-state index contributed by atoms with van der Waals surface area (Å²) in [5.41, 5.74) is 7.53. The Bertz CT molecular complexity index is 132. The Balaban J connectivity index is 2.52. The minimum absolute atomic E-state index is 0.363. The van der Waals surface area contributed by atoms with E-state index in [1.165, 1.54) is 0 Å². The van der Waals surface area contributed by atoms with Crippen LogP contribution in [0.1, 0.15) is 0 Å². The molecule has 1 fully saturated rings. The monoisotopic (exact) mass is 164 g/mol. The molecule has 0 aromatic carbocycles. The van der Waals surface area contributed by atoms with Crippen molar-refractivity contribution in [2.45, 2.75) is 24.5 Å². The molecule has 0 amide bonds. The lowest BCUT2D eigenvalue weighted by Crippen LogP contribution is -2.62. The first-order valence-electron chi connectivity index (χ1n) is 3.30. The Morgan fingerprint density at radius 1 is 1.36 bits per heavy atom. The van der Waals surface area contributed by atoms with Crippen LogP contribution in [0.3, 0.4) is 0 Å². The molecule has 66 valence electrons. The third-order valence-corrected chi connectivity index (χ3v) is 1.63. The number of rotatable bonds is 1. The summed E-state index contributed by atoms with van der Waals surface area (Å²) in [6, 6.07) is 0. The summed E-state index contributed by atoms with van der Waals surface area (Å²) in [7, 11) is 0. The van der Waals surface area contributed by atoms with Crippen molar-refractivity contribution < 1.29 is 20.2 Å². The average Bonchev–Trinajstić information content (AvgIpc) is 2.01. The molecule has 0 radical (unpaired) electrons. The van der Waals surface area contributed by atoms with Crippen molar-refractivity contribution in [3.8, 4) is 0 Å². The summed E-state index contributed by atoms with van der Waals surface area (Å²) in [6.07, 6.45) is -3.88. The predicted molar refractivity (Wildman–Crippen MR) is 35.1 cm³/mol. The Morgan fingerprint density at radius 2 is 2.00 bits per heavy atom. The second kappa shape index (κ2) is 3.44. The molecule has 6 N–H and O–H groups in total. The molecule has 0 bridgehead atoms. The molecule has 4 atom stereocenters. The highest BCUT2D eigenvalue weighted by Gasteiger charge is 2.36. The van der Waals surface area contributed by atoms with Gasteiger partial charge < -0.3 is 21.1 Å². The fraction of sp³-hybridized carbons (Fsp3) is 1.00. The Kier molecular flexibility index (Phi) is 2.77. The lowest BCUT2D eigenvalue weighted by Gasteiger charge is -2.34. The number of hydroxylamine groups is 1. The Morgan fingerprint density at radius 3 is 2.55 bits per heavy atom. The lowest BCUT2D eigenvalue weighted by molar-refractivity contribution is -0.201. The highest BCUT2D eigenvalue weighted by molar-refractivity contribution is 4.84. The van der Waals surface area contributed by atoms with E-state index in [9.17, 15) is 0 Å². The van der Waals surface area contributed by atoms with Crippen LogP contribution in [0.5, 0.6) is 0 Å². The minimum Gasteiger partial charge on any atom is -0.393 e. The van der Waals surface area contributed by atoms with Gasteiger partial charge in [0.2, 0.25) is 0 Å². The van der Waals surface area contributed by atoms with E-state index in [0.717, 1.165) is 0 Å². The van der Waals surface area contributed by atoms with E-state index in [0.29, 0.717) is 0 Å². The largest absolute Gasteiger partial charge is 0.393 e. The van der Waals surface area contributed by atoms with Gasteiger partial charge in [-0.1, -0.05) is 0 Å². The van der Waals surface area contributed by atoms with Crippen LogP contribution >= 0.6 is 0 Å². The molecule has 3 unspecified atom stereocenters. The van der Waals surface area contributed by atoms with Crippen LogP contribution in [0.15, 0.2) is 0 Å². The third-order valence-electron chi connectivity index (χ3n) is 1.63. The van der Waals surface area contributed by atoms with Crippen molar-refractivity contribution in [3.05, 3.63) is 0 Å². The number of aliphatic hydroxyl groups is 3. The maximum absolute atomic E-state index is 9.15. The van der Waals surface area contributed by atoms with Crippen LogP contribution in [0.25, 0.3) is 0 Å². The van der Waals surface area contributed by atoms with E-state index in [1.54, 1.807) is 0 Å². The number of aliphatic hydroxyl groups excluding tert-OH is 3. The highest BCUT2D eigenvalue weighted by atomic mass is 16.7. The van der Waals surface area contributed by atoms with Crippen molar-refractivity contribution in [2.75, 3.05) is 6.61 Å². The van der Waals surface area contributed by atoms with Crippen LogP contribution in [-0.2, 0) is 4.84 Å². The molecule has 6 heteroatoms. The van der Waals surface area contributed by atoms with Crippen molar-refractivity contribution in [2.24, 2.45) is 5.73 Å². The molecule has 11 heavy (non-hydrogen) atoms. The van der Waals surface area contributed by atoms with E-state index in [2.05, 4.69) is 10.3 Å². The number of hydrogen-bond acceptors (Lipinski definition) is 6. The van der Waals surface area contributed by atoms with Gasteiger partial charge in [-0.25, -0.2) is 0 Å². The molecule has 1 rings (SSSR count). The highest BCUT2D eigenvalue weighted by Crippen LogP contribution is 2.09. The molecule has 0 spiro atoms. The SMILES string of the molecule is NC1NOC(CO)[C@H](O)C1O. The van der Waals surface area contributed by atoms with Crippen molar-refractivity contribution in [1.82, 2.24) is 5.48 Å². The second-order valence-corrected chi connectivity index (χ2v) is 2.46. The minimum atomic E-state index is -1.14.